The smallest absolute Gasteiger partial charge is 0.0127 e. The van der Waals surface area contributed by atoms with Crippen LogP contribution in [0.1, 0.15) is 52.5 Å². The summed E-state index contributed by atoms with van der Waals surface area (Å²) in [6, 6.07) is 0. The summed E-state index contributed by atoms with van der Waals surface area (Å²) in [5.41, 5.74) is 3.54. The zero-order valence-corrected chi connectivity index (χ0v) is 11.0. The number of nitrogens with one attached hydrogen (secondary N) is 1. The first-order valence-electron chi connectivity index (χ1n) is 6.68. The van der Waals surface area contributed by atoms with Crippen LogP contribution in [0.4, 0.5) is 0 Å². The van der Waals surface area contributed by atoms with E-state index in [2.05, 4.69) is 23.7 Å². The van der Waals surface area contributed by atoms with E-state index in [1.807, 2.05) is 0 Å². The van der Waals surface area contributed by atoms with Crippen molar-refractivity contribution >= 4 is 11.3 Å². The fraction of sp³-hybridized carbons (Fsp3) is 0.714. The lowest BCUT2D eigenvalue weighted by Gasteiger charge is -2.14. The van der Waals surface area contributed by atoms with Crippen LogP contribution in [-0.2, 0) is 19.3 Å². The molecule has 1 atom stereocenters. The van der Waals surface area contributed by atoms with Gasteiger partial charge in [-0.05, 0) is 56.7 Å². The van der Waals surface area contributed by atoms with E-state index in [4.69, 9.17) is 0 Å². The van der Waals surface area contributed by atoms with Gasteiger partial charge in [0.05, 0.1) is 0 Å². The van der Waals surface area contributed by atoms with Crippen molar-refractivity contribution in [2.45, 2.75) is 50.9 Å². The molecular formula is C14H21NS. The van der Waals surface area contributed by atoms with E-state index in [1.165, 1.54) is 51.5 Å². The van der Waals surface area contributed by atoms with Gasteiger partial charge >= 0.3 is 0 Å². The van der Waals surface area contributed by atoms with Crippen LogP contribution in [0.2, 0.25) is 0 Å². The normalized spacial score (nSPS) is 23.9. The Hall–Kier alpha value is -0.340. The van der Waals surface area contributed by atoms with Crippen molar-refractivity contribution in [3.05, 3.63) is 20.9 Å². The zero-order valence-electron chi connectivity index (χ0n) is 10.1. The van der Waals surface area contributed by atoms with Gasteiger partial charge in [0.1, 0.15) is 0 Å². The summed E-state index contributed by atoms with van der Waals surface area (Å²) in [6.07, 6.45) is 9.73. The first-order chi connectivity index (χ1) is 7.90. The molecule has 0 bridgehead atoms. The maximum Gasteiger partial charge on any atom is 0.0127 e. The van der Waals surface area contributed by atoms with Crippen molar-refractivity contribution < 1.29 is 0 Å². The molecule has 2 aliphatic carbocycles. The Labute approximate surface area is 102 Å². The summed E-state index contributed by atoms with van der Waals surface area (Å²) in [5, 5.41) is 3.38. The van der Waals surface area contributed by atoms with Crippen molar-refractivity contribution in [3.8, 4) is 0 Å². The van der Waals surface area contributed by atoms with Crippen LogP contribution in [0.15, 0.2) is 0 Å². The minimum atomic E-state index is 0.804. The molecule has 1 N–H and O–H groups in total. The maximum atomic E-state index is 3.38. The highest BCUT2D eigenvalue weighted by molar-refractivity contribution is 7.12. The Bertz CT molecular complexity index is 380. The molecule has 1 nitrogen and oxygen atoms in total. The highest BCUT2D eigenvalue weighted by Gasteiger charge is 2.27. The fourth-order valence-electron chi connectivity index (χ4n) is 3.36. The molecule has 88 valence electrons. The summed E-state index contributed by atoms with van der Waals surface area (Å²) in [6.45, 7) is 1.17. The quantitative estimate of drug-likeness (QED) is 0.776. The Kier molecular flexibility index (Phi) is 3.03. The van der Waals surface area contributed by atoms with Crippen LogP contribution < -0.4 is 5.32 Å². The molecule has 1 aromatic rings. The molecule has 0 saturated carbocycles. The van der Waals surface area contributed by atoms with Gasteiger partial charge < -0.3 is 5.32 Å². The second-order valence-corrected chi connectivity index (χ2v) is 6.34. The third kappa shape index (κ3) is 1.72. The average Bonchev–Trinajstić information content (AvgIpc) is 2.79. The summed E-state index contributed by atoms with van der Waals surface area (Å²) < 4.78 is 0. The van der Waals surface area contributed by atoms with Gasteiger partial charge in [-0.1, -0.05) is 6.42 Å². The number of fused-ring (bicyclic) bond motifs is 3. The Morgan fingerprint density at radius 1 is 1.12 bits per heavy atom. The average molecular weight is 235 g/mol. The van der Waals surface area contributed by atoms with Crippen molar-refractivity contribution in [1.82, 2.24) is 5.32 Å². The van der Waals surface area contributed by atoms with E-state index in [0.717, 1.165) is 5.92 Å². The van der Waals surface area contributed by atoms with E-state index in [1.54, 1.807) is 20.9 Å². The second-order valence-electron chi connectivity index (χ2n) is 5.20. The topological polar surface area (TPSA) is 12.0 Å². The van der Waals surface area contributed by atoms with Crippen molar-refractivity contribution in [2.24, 2.45) is 0 Å². The van der Waals surface area contributed by atoms with Crippen molar-refractivity contribution in [2.75, 3.05) is 13.6 Å². The van der Waals surface area contributed by atoms with Gasteiger partial charge in [0.15, 0.2) is 0 Å². The van der Waals surface area contributed by atoms with E-state index < -0.39 is 0 Å². The molecular weight excluding hydrogens is 214 g/mol. The molecule has 16 heavy (non-hydrogen) atoms. The lowest BCUT2D eigenvalue weighted by Crippen LogP contribution is -2.16. The number of hydrogen-bond donors (Lipinski definition) is 1. The van der Waals surface area contributed by atoms with Gasteiger partial charge in [-0.2, -0.15) is 0 Å². The van der Waals surface area contributed by atoms with Crippen LogP contribution in [-0.4, -0.2) is 13.6 Å². The zero-order chi connectivity index (χ0) is 11.0. The largest absolute Gasteiger partial charge is 0.319 e. The van der Waals surface area contributed by atoms with Crippen LogP contribution in [0, 0.1) is 0 Å². The standard InChI is InChI=1S/C14H21NS/c1-15-9-10-5-2-3-6-12-11-7-4-8-13(11)16-14(10)12/h10,15H,2-9H2,1H3. The molecule has 0 amide bonds. The Morgan fingerprint density at radius 2 is 2.00 bits per heavy atom. The van der Waals surface area contributed by atoms with E-state index in [0.29, 0.717) is 0 Å². The monoisotopic (exact) mass is 235 g/mol. The number of aryl methyl sites for hydroxylation is 1. The molecule has 0 radical (unpaired) electrons. The van der Waals surface area contributed by atoms with Crippen LogP contribution in [0.5, 0.6) is 0 Å². The summed E-state index contributed by atoms with van der Waals surface area (Å²) in [7, 11) is 2.09. The maximum absolute atomic E-state index is 3.38. The van der Waals surface area contributed by atoms with E-state index in [9.17, 15) is 0 Å². The van der Waals surface area contributed by atoms with Gasteiger partial charge in [0.25, 0.3) is 0 Å². The lowest BCUT2D eigenvalue weighted by molar-refractivity contribution is 0.571. The van der Waals surface area contributed by atoms with Gasteiger partial charge in [-0.15, -0.1) is 11.3 Å². The number of hydrogen-bond acceptors (Lipinski definition) is 2. The molecule has 3 rings (SSSR count). The summed E-state index contributed by atoms with van der Waals surface area (Å²) >= 11 is 2.15. The highest BCUT2D eigenvalue weighted by atomic mass is 32.1. The number of thiophene rings is 1. The van der Waals surface area contributed by atoms with Crippen LogP contribution in [0.3, 0.4) is 0 Å². The first kappa shape index (κ1) is 10.8. The van der Waals surface area contributed by atoms with Gasteiger partial charge in [0.2, 0.25) is 0 Å². The minimum Gasteiger partial charge on any atom is -0.319 e. The summed E-state index contributed by atoms with van der Waals surface area (Å²) in [4.78, 5) is 3.48. The lowest BCUT2D eigenvalue weighted by atomic mass is 9.99. The molecule has 1 unspecified atom stereocenters. The minimum absolute atomic E-state index is 0.804. The van der Waals surface area contributed by atoms with Gasteiger partial charge in [-0.25, -0.2) is 0 Å². The summed E-state index contributed by atoms with van der Waals surface area (Å²) in [5.74, 6) is 0.804. The molecule has 2 aliphatic rings. The second kappa shape index (κ2) is 4.50. The highest BCUT2D eigenvalue weighted by Crippen LogP contribution is 2.42. The molecule has 1 aromatic heterocycles. The van der Waals surface area contributed by atoms with Crippen LogP contribution >= 0.6 is 11.3 Å². The Morgan fingerprint density at radius 3 is 2.88 bits per heavy atom. The van der Waals surface area contributed by atoms with Crippen molar-refractivity contribution in [3.63, 3.8) is 0 Å². The third-order valence-electron chi connectivity index (χ3n) is 4.11. The SMILES string of the molecule is CNCC1CCCCc2c1sc1c2CCC1. The van der Waals surface area contributed by atoms with E-state index in [-0.39, 0.29) is 0 Å². The first-order valence-corrected chi connectivity index (χ1v) is 7.49. The molecule has 1 heterocycles. The predicted octanol–water partition coefficient (Wildman–Crippen LogP) is 3.27. The fourth-order valence-corrected chi connectivity index (χ4v) is 4.94. The molecule has 2 heteroatoms. The van der Waals surface area contributed by atoms with Gasteiger partial charge in [0, 0.05) is 22.2 Å². The predicted molar refractivity (Wildman–Crippen MR) is 70.6 cm³/mol. The third-order valence-corrected chi connectivity index (χ3v) is 5.61. The Balaban J connectivity index is 1.98. The molecule has 0 spiro atoms. The molecule has 0 saturated heterocycles. The van der Waals surface area contributed by atoms with E-state index >= 15 is 0 Å². The number of likely N-dealkylation sites (N-methyl/N-ethyl adjacent to an activating group) is 1. The van der Waals surface area contributed by atoms with Crippen LogP contribution in [0.25, 0.3) is 0 Å². The van der Waals surface area contributed by atoms with Crippen molar-refractivity contribution in [1.29, 1.82) is 0 Å². The molecule has 0 aromatic carbocycles. The molecule has 0 fully saturated rings. The molecule has 0 aliphatic heterocycles. The number of rotatable bonds is 2. The van der Waals surface area contributed by atoms with Gasteiger partial charge in [-0.3, -0.25) is 0 Å².